The molecule has 8 nitrogen and oxygen atoms in total. The fourth-order valence-corrected chi connectivity index (χ4v) is 6.98. The average Bonchev–Trinajstić information content (AvgIpc) is 3.05. The van der Waals surface area contributed by atoms with Crippen molar-refractivity contribution in [3.8, 4) is 17.2 Å². The van der Waals surface area contributed by atoms with E-state index in [0.717, 1.165) is 28.6 Å². The van der Waals surface area contributed by atoms with Crippen LogP contribution >= 0.6 is 11.6 Å². The van der Waals surface area contributed by atoms with E-state index in [4.69, 9.17) is 25.8 Å². The maximum atomic E-state index is 15.6. The first-order valence-corrected chi connectivity index (χ1v) is 15.9. The number of halogens is 5. The number of hydrogen-bond donors (Lipinski definition) is 0. The molecule has 0 amide bonds. The van der Waals surface area contributed by atoms with Crippen LogP contribution in [0.3, 0.4) is 0 Å². The van der Waals surface area contributed by atoms with Crippen LogP contribution in [-0.4, -0.2) is 38.7 Å². The molecule has 1 aliphatic carbocycles. The summed E-state index contributed by atoms with van der Waals surface area (Å²) in [5.74, 6) is -0.489. The molecule has 2 atom stereocenters. The van der Waals surface area contributed by atoms with E-state index < -0.39 is 38.6 Å². The molecule has 1 saturated carbocycles. The zero-order chi connectivity index (χ0) is 33.1. The van der Waals surface area contributed by atoms with Gasteiger partial charge in [-0.15, -0.1) is 0 Å². The SMILES string of the molecule is COc1ccc(CN(c2ccncn2)S(=O)(=O)c2cc(Cl)c(O[C@H]3[CH]C[C@H](c4cccc(C(F)(F)F)c4)CC3)cc2F)c(OC)c1. The van der Waals surface area contributed by atoms with Gasteiger partial charge in [-0.3, -0.25) is 0 Å². The molecule has 1 aromatic heterocycles. The monoisotopic (exact) mass is 678 g/mol. The molecule has 1 aliphatic rings. The van der Waals surface area contributed by atoms with Crippen molar-refractivity contribution in [2.45, 2.75) is 48.9 Å². The van der Waals surface area contributed by atoms with Gasteiger partial charge in [0.15, 0.2) is 0 Å². The Labute approximate surface area is 269 Å². The van der Waals surface area contributed by atoms with Gasteiger partial charge in [0, 0.05) is 36.4 Å². The van der Waals surface area contributed by atoms with E-state index in [1.54, 1.807) is 30.7 Å². The quantitative estimate of drug-likeness (QED) is 0.159. The zero-order valence-electron chi connectivity index (χ0n) is 24.7. The second kappa shape index (κ2) is 13.7. The van der Waals surface area contributed by atoms with Gasteiger partial charge < -0.3 is 14.2 Å². The third-order valence-corrected chi connectivity index (χ3v) is 9.69. The summed E-state index contributed by atoms with van der Waals surface area (Å²) >= 11 is 6.45. The van der Waals surface area contributed by atoms with E-state index in [9.17, 15) is 21.6 Å². The molecule has 46 heavy (non-hydrogen) atoms. The van der Waals surface area contributed by atoms with Crippen LogP contribution in [0.4, 0.5) is 23.4 Å². The van der Waals surface area contributed by atoms with Crippen molar-refractivity contribution in [1.29, 1.82) is 0 Å². The molecule has 0 bridgehead atoms. The number of sulfonamides is 1. The Morgan fingerprint density at radius 3 is 2.46 bits per heavy atom. The normalized spacial score (nSPS) is 16.9. The Hall–Kier alpha value is -4.10. The first kappa shape index (κ1) is 33.3. The maximum absolute atomic E-state index is 15.6. The Balaban J connectivity index is 1.36. The fourth-order valence-electron chi connectivity index (χ4n) is 5.23. The lowest BCUT2D eigenvalue weighted by Crippen LogP contribution is -2.32. The minimum absolute atomic E-state index is 0.0177. The first-order valence-electron chi connectivity index (χ1n) is 14.1. The van der Waals surface area contributed by atoms with Gasteiger partial charge in [0.1, 0.15) is 46.2 Å². The molecule has 4 aromatic rings. The van der Waals surface area contributed by atoms with Crippen LogP contribution in [0, 0.1) is 12.2 Å². The maximum Gasteiger partial charge on any atom is 0.416 e. The Bertz CT molecular complexity index is 1790. The summed E-state index contributed by atoms with van der Waals surface area (Å²) in [7, 11) is -1.69. The molecule has 1 fully saturated rings. The standard InChI is InChI=1S/C32H29ClF4N3O5S/c1-43-25-11-8-22(28(15-25)44-2)18-40(31-12-13-38-19-39-31)46(41,42)30-16-26(33)29(17-27(30)34)45-24-9-6-20(7-10-24)21-4-3-5-23(14-21)32(35,36)37/h3-5,8-9,11-17,19-20,24H,6-7,10,18H2,1-2H3/t20-,24-/m0/s1. The lowest BCUT2D eigenvalue weighted by atomic mass is 9.82. The first-order chi connectivity index (χ1) is 21.9. The molecule has 243 valence electrons. The summed E-state index contributed by atoms with van der Waals surface area (Å²) in [6.07, 6.45) is 0.766. The van der Waals surface area contributed by atoms with Crippen LogP contribution in [0.25, 0.3) is 0 Å². The number of alkyl halides is 3. The van der Waals surface area contributed by atoms with Crippen LogP contribution in [0.15, 0.2) is 78.1 Å². The van der Waals surface area contributed by atoms with Crippen LogP contribution < -0.4 is 18.5 Å². The van der Waals surface area contributed by atoms with E-state index in [1.807, 2.05) is 0 Å². The van der Waals surface area contributed by atoms with E-state index in [2.05, 4.69) is 9.97 Å². The van der Waals surface area contributed by atoms with E-state index in [1.165, 1.54) is 38.9 Å². The van der Waals surface area contributed by atoms with E-state index in [0.29, 0.717) is 41.9 Å². The molecule has 0 unspecified atom stereocenters. The predicted molar refractivity (Wildman–Crippen MR) is 163 cm³/mol. The van der Waals surface area contributed by atoms with E-state index in [-0.39, 0.29) is 29.1 Å². The van der Waals surface area contributed by atoms with Gasteiger partial charge in [0.25, 0.3) is 10.0 Å². The van der Waals surface area contributed by atoms with E-state index >= 15 is 4.39 Å². The summed E-state index contributed by atoms with van der Waals surface area (Å²) in [6.45, 7) is -0.272. The molecule has 0 N–H and O–H groups in total. The van der Waals surface area contributed by atoms with Crippen LogP contribution in [0.1, 0.15) is 41.9 Å². The number of ether oxygens (including phenoxy) is 3. The highest BCUT2D eigenvalue weighted by Crippen LogP contribution is 2.39. The van der Waals surface area contributed by atoms with Gasteiger partial charge in [0.2, 0.25) is 0 Å². The molecule has 14 heteroatoms. The van der Waals surface area contributed by atoms with Crippen molar-refractivity contribution in [2.75, 3.05) is 18.5 Å². The largest absolute Gasteiger partial charge is 0.497 e. The van der Waals surface area contributed by atoms with Crippen molar-refractivity contribution in [1.82, 2.24) is 9.97 Å². The molecule has 5 rings (SSSR count). The molecule has 1 radical (unpaired) electrons. The summed E-state index contributed by atoms with van der Waals surface area (Å²) in [5.41, 5.74) is 0.318. The van der Waals surface area contributed by atoms with Crippen molar-refractivity contribution in [2.24, 2.45) is 0 Å². The van der Waals surface area contributed by atoms with Crippen molar-refractivity contribution in [3.63, 3.8) is 0 Å². The zero-order valence-corrected chi connectivity index (χ0v) is 26.2. The predicted octanol–water partition coefficient (Wildman–Crippen LogP) is 7.62. The number of methoxy groups -OCH3 is 2. The van der Waals surface area contributed by atoms with Gasteiger partial charge in [0.05, 0.1) is 31.4 Å². The summed E-state index contributed by atoms with van der Waals surface area (Å²) in [6, 6.07) is 13.4. The molecular formula is C32H29ClF4N3O5S. The number of nitrogens with zero attached hydrogens (tertiary/aromatic N) is 3. The number of aromatic nitrogens is 2. The fraction of sp³-hybridized carbons (Fsp3) is 0.281. The van der Waals surface area contributed by atoms with Crippen LogP contribution in [-0.2, 0) is 22.7 Å². The van der Waals surface area contributed by atoms with Crippen molar-refractivity contribution >= 4 is 27.4 Å². The smallest absolute Gasteiger partial charge is 0.416 e. The summed E-state index contributed by atoms with van der Waals surface area (Å²) in [5, 5.41) is -0.141. The Kier molecular flexibility index (Phi) is 9.92. The lowest BCUT2D eigenvalue weighted by molar-refractivity contribution is -0.137. The molecule has 0 aliphatic heterocycles. The third kappa shape index (κ3) is 7.31. The second-order valence-corrected chi connectivity index (χ2v) is 12.7. The molecule has 1 heterocycles. The van der Waals surface area contributed by atoms with Gasteiger partial charge >= 0.3 is 6.18 Å². The van der Waals surface area contributed by atoms with Gasteiger partial charge in [-0.05, 0) is 55.0 Å². The summed E-state index contributed by atoms with van der Waals surface area (Å²) < 4.78 is 101. The highest BCUT2D eigenvalue weighted by Gasteiger charge is 2.34. The second-order valence-electron chi connectivity index (χ2n) is 10.5. The molecule has 3 aromatic carbocycles. The number of anilines is 1. The highest BCUT2D eigenvalue weighted by molar-refractivity contribution is 7.92. The van der Waals surface area contributed by atoms with Crippen LogP contribution in [0.2, 0.25) is 5.02 Å². The highest BCUT2D eigenvalue weighted by atomic mass is 35.5. The van der Waals surface area contributed by atoms with Crippen molar-refractivity contribution in [3.05, 3.63) is 107 Å². The summed E-state index contributed by atoms with van der Waals surface area (Å²) in [4.78, 5) is 7.22. The number of hydrogen-bond acceptors (Lipinski definition) is 7. The number of benzene rings is 3. The van der Waals surface area contributed by atoms with Gasteiger partial charge in [-0.1, -0.05) is 29.8 Å². The Morgan fingerprint density at radius 2 is 1.80 bits per heavy atom. The van der Waals surface area contributed by atoms with Crippen molar-refractivity contribution < 1.29 is 40.2 Å². The van der Waals surface area contributed by atoms with Crippen LogP contribution in [0.5, 0.6) is 17.2 Å². The average molecular weight is 679 g/mol. The molecule has 0 saturated heterocycles. The Morgan fingerprint density at radius 1 is 1.00 bits per heavy atom. The minimum Gasteiger partial charge on any atom is -0.497 e. The lowest BCUT2D eigenvalue weighted by Gasteiger charge is -2.30. The van der Waals surface area contributed by atoms with Gasteiger partial charge in [-0.25, -0.2) is 27.1 Å². The topological polar surface area (TPSA) is 90.9 Å². The number of rotatable bonds is 10. The molecule has 0 spiro atoms. The van der Waals surface area contributed by atoms with Gasteiger partial charge in [-0.2, -0.15) is 13.2 Å². The minimum atomic E-state index is -4.59. The molecular weight excluding hydrogens is 650 g/mol. The third-order valence-electron chi connectivity index (χ3n) is 7.63.